The van der Waals surface area contributed by atoms with Crippen molar-refractivity contribution in [2.45, 2.75) is 19.8 Å². The van der Waals surface area contributed by atoms with Crippen LogP contribution < -0.4 is 15.4 Å². The molecule has 0 spiro atoms. The molecule has 1 fully saturated rings. The molecule has 1 saturated heterocycles. The van der Waals surface area contributed by atoms with Crippen molar-refractivity contribution in [1.82, 2.24) is 0 Å². The summed E-state index contributed by atoms with van der Waals surface area (Å²) < 4.78 is 5.36. The van der Waals surface area contributed by atoms with Crippen LogP contribution in [-0.4, -0.2) is 26.7 Å². The van der Waals surface area contributed by atoms with Crippen LogP contribution in [0.15, 0.2) is 18.2 Å². The molecule has 94 valence electrons. The van der Waals surface area contributed by atoms with E-state index < -0.39 is 0 Å². The van der Waals surface area contributed by atoms with E-state index in [-0.39, 0.29) is 0 Å². The maximum absolute atomic E-state index is 5.73. The van der Waals surface area contributed by atoms with Crippen molar-refractivity contribution in [3.63, 3.8) is 0 Å². The highest BCUT2D eigenvalue weighted by Gasteiger charge is 2.21. The summed E-state index contributed by atoms with van der Waals surface area (Å²) in [5.74, 6) is 1.65. The van der Waals surface area contributed by atoms with Crippen molar-refractivity contribution in [2.24, 2.45) is 11.7 Å². The van der Waals surface area contributed by atoms with E-state index in [0.717, 1.165) is 31.8 Å². The molecule has 3 nitrogen and oxygen atoms in total. The lowest BCUT2D eigenvalue weighted by Crippen LogP contribution is -2.22. The molecule has 0 aliphatic carbocycles. The van der Waals surface area contributed by atoms with Gasteiger partial charge in [0.1, 0.15) is 5.75 Å². The van der Waals surface area contributed by atoms with E-state index in [4.69, 9.17) is 10.5 Å². The molecule has 1 atom stereocenters. The van der Waals surface area contributed by atoms with Gasteiger partial charge in [0.2, 0.25) is 0 Å². The quantitative estimate of drug-likeness (QED) is 0.866. The van der Waals surface area contributed by atoms with Crippen molar-refractivity contribution < 1.29 is 4.74 Å². The second kappa shape index (κ2) is 5.41. The van der Waals surface area contributed by atoms with E-state index in [1.165, 1.54) is 17.7 Å². The molecular weight excluding hydrogens is 212 g/mol. The molecule has 0 bridgehead atoms. The minimum absolute atomic E-state index is 0.655. The SMILES string of the molecule is CCc1cc(N2CCC(CN)C2)ccc1OC. The number of nitrogens with two attached hydrogens (primary N) is 1. The third-order valence-corrected chi connectivity index (χ3v) is 3.63. The number of methoxy groups -OCH3 is 1. The predicted octanol–water partition coefficient (Wildman–Crippen LogP) is 2.04. The largest absolute Gasteiger partial charge is 0.496 e. The van der Waals surface area contributed by atoms with Gasteiger partial charge in [0, 0.05) is 18.8 Å². The van der Waals surface area contributed by atoms with Gasteiger partial charge in [-0.15, -0.1) is 0 Å². The monoisotopic (exact) mass is 234 g/mol. The maximum atomic E-state index is 5.73. The Morgan fingerprint density at radius 3 is 2.88 bits per heavy atom. The molecule has 1 unspecified atom stereocenters. The Kier molecular flexibility index (Phi) is 3.89. The summed E-state index contributed by atoms with van der Waals surface area (Å²) in [6.45, 7) is 5.17. The number of hydrogen-bond donors (Lipinski definition) is 1. The molecule has 0 amide bonds. The zero-order chi connectivity index (χ0) is 12.3. The van der Waals surface area contributed by atoms with Gasteiger partial charge in [0.15, 0.2) is 0 Å². The van der Waals surface area contributed by atoms with Crippen LogP contribution in [0.1, 0.15) is 18.9 Å². The maximum Gasteiger partial charge on any atom is 0.122 e. The molecule has 1 heterocycles. The van der Waals surface area contributed by atoms with E-state index in [1.807, 2.05) is 0 Å². The summed E-state index contributed by atoms with van der Waals surface area (Å²) in [4.78, 5) is 2.43. The number of aryl methyl sites for hydroxylation is 1. The Labute approximate surface area is 104 Å². The third kappa shape index (κ3) is 2.55. The Morgan fingerprint density at radius 1 is 1.47 bits per heavy atom. The molecular formula is C14H22N2O. The summed E-state index contributed by atoms with van der Waals surface area (Å²) in [5, 5.41) is 0. The number of nitrogens with zero attached hydrogens (tertiary/aromatic N) is 1. The van der Waals surface area contributed by atoms with Gasteiger partial charge in [0.05, 0.1) is 7.11 Å². The number of benzene rings is 1. The third-order valence-electron chi connectivity index (χ3n) is 3.63. The lowest BCUT2D eigenvalue weighted by Gasteiger charge is -2.20. The average Bonchev–Trinajstić information content (AvgIpc) is 2.86. The molecule has 1 aliphatic heterocycles. The van der Waals surface area contributed by atoms with Crippen LogP contribution in [0, 0.1) is 5.92 Å². The van der Waals surface area contributed by atoms with Gasteiger partial charge in [0.25, 0.3) is 0 Å². The Morgan fingerprint density at radius 2 is 2.29 bits per heavy atom. The van der Waals surface area contributed by atoms with Crippen LogP contribution in [0.25, 0.3) is 0 Å². The number of hydrogen-bond acceptors (Lipinski definition) is 3. The lowest BCUT2D eigenvalue weighted by molar-refractivity contribution is 0.410. The highest BCUT2D eigenvalue weighted by molar-refractivity contribution is 5.54. The van der Waals surface area contributed by atoms with Crippen LogP contribution in [0.5, 0.6) is 5.75 Å². The summed E-state index contributed by atoms with van der Waals surface area (Å²) in [6, 6.07) is 6.47. The van der Waals surface area contributed by atoms with Crippen LogP contribution >= 0.6 is 0 Å². The first-order chi connectivity index (χ1) is 8.28. The van der Waals surface area contributed by atoms with E-state index >= 15 is 0 Å². The first kappa shape index (κ1) is 12.2. The topological polar surface area (TPSA) is 38.5 Å². The van der Waals surface area contributed by atoms with Gasteiger partial charge >= 0.3 is 0 Å². The van der Waals surface area contributed by atoms with Gasteiger partial charge in [-0.3, -0.25) is 0 Å². The van der Waals surface area contributed by atoms with Crippen molar-refractivity contribution >= 4 is 5.69 Å². The smallest absolute Gasteiger partial charge is 0.122 e. The van der Waals surface area contributed by atoms with Gasteiger partial charge in [-0.05, 0) is 49.1 Å². The van der Waals surface area contributed by atoms with Gasteiger partial charge in [-0.25, -0.2) is 0 Å². The molecule has 1 aromatic carbocycles. The molecule has 3 heteroatoms. The minimum Gasteiger partial charge on any atom is -0.496 e. The molecule has 17 heavy (non-hydrogen) atoms. The highest BCUT2D eigenvalue weighted by Crippen LogP contribution is 2.28. The van der Waals surface area contributed by atoms with E-state index in [9.17, 15) is 0 Å². The van der Waals surface area contributed by atoms with Crippen LogP contribution in [0.4, 0.5) is 5.69 Å². The lowest BCUT2D eigenvalue weighted by atomic mass is 10.1. The number of ether oxygens (including phenoxy) is 1. The first-order valence-electron chi connectivity index (χ1n) is 6.40. The van der Waals surface area contributed by atoms with Crippen LogP contribution in [0.2, 0.25) is 0 Å². The predicted molar refractivity (Wildman–Crippen MR) is 71.7 cm³/mol. The highest BCUT2D eigenvalue weighted by atomic mass is 16.5. The summed E-state index contributed by atoms with van der Waals surface area (Å²) in [7, 11) is 1.73. The Balaban J connectivity index is 2.16. The zero-order valence-corrected chi connectivity index (χ0v) is 10.8. The zero-order valence-electron chi connectivity index (χ0n) is 10.8. The summed E-state index contributed by atoms with van der Waals surface area (Å²) >= 11 is 0. The number of anilines is 1. The molecule has 2 rings (SSSR count). The van der Waals surface area contributed by atoms with Crippen molar-refractivity contribution in [3.05, 3.63) is 23.8 Å². The van der Waals surface area contributed by atoms with E-state index in [2.05, 4.69) is 30.0 Å². The fourth-order valence-electron chi connectivity index (χ4n) is 2.50. The van der Waals surface area contributed by atoms with E-state index in [1.54, 1.807) is 7.11 Å². The second-order valence-electron chi connectivity index (χ2n) is 4.69. The fraction of sp³-hybridized carbons (Fsp3) is 0.571. The fourth-order valence-corrected chi connectivity index (χ4v) is 2.50. The summed E-state index contributed by atoms with van der Waals surface area (Å²) in [5.41, 5.74) is 8.31. The van der Waals surface area contributed by atoms with E-state index in [0.29, 0.717) is 5.92 Å². The molecule has 0 saturated carbocycles. The molecule has 2 N–H and O–H groups in total. The molecule has 0 radical (unpaired) electrons. The van der Waals surface area contributed by atoms with Gasteiger partial charge in [-0.1, -0.05) is 6.92 Å². The minimum atomic E-state index is 0.655. The normalized spacial score (nSPS) is 19.7. The summed E-state index contributed by atoms with van der Waals surface area (Å²) in [6.07, 6.45) is 2.22. The second-order valence-corrected chi connectivity index (χ2v) is 4.69. The van der Waals surface area contributed by atoms with Crippen LogP contribution in [-0.2, 0) is 6.42 Å². The molecule has 1 aliphatic rings. The van der Waals surface area contributed by atoms with Crippen molar-refractivity contribution in [2.75, 3.05) is 31.6 Å². The standard InChI is InChI=1S/C14H22N2O/c1-3-12-8-13(4-5-14(12)17-2)16-7-6-11(9-15)10-16/h4-5,8,11H,3,6-7,9-10,15H2,1-2H3. The Bertz CT molecular complexity index is 378. The first-order valence-corrected chi connectivity index (χ1v) is 6.40. The van der Waals surface area contributed by atoms with Crippen LogP contribution in [0.3, 0.4) is 0 Å². The molecule has 0 aromatic heterocycles. The molecule has 1 aromatic rings. The average molecular weight is 234 g/mol. The van der Waals surface area contributed by atoms with Crippen molar-refractivity contribution in [3.8, 4) is 5.75 Å². The Hall–Kier alpha value is -1.22. The number of rotatable bonds is 4. The van der Waals surface area contributed by atoms with Gasteiger partial charge < -0.3 is 15.4 Å². The van der Waals surface area contributed by atoms with Gasteiger partial charge in [-0.2, -0.15) is 0 Å². The van der Waals surface area contributed by atoms with Crippen molar-refractivity contribution in [1.29, 1.82) is 0 Å².